The Morgan fingerprint density at radius 3 is 1.64 bits per heavy atom. The highest BCUT2D eigenvalue weighted by Crippen LogP contribution is 2.40. The predicted octanol–water partition coefficient (Wildman–Crippen LogP) is 5.94. The van der Waals surface area contributed by atoms with Crippen molar-refractivity contribution in [2.24, 2.45) is 23.7 Å². The number of hydrogen-bond acceptors (Lipinski definition) is 10. The molecule has 0 aliphatic rings. The number of hydrogen-bond donors (Lipinski definition) is 2. The summed E-state index contributed by atoms with van der Waals surface area (Å²) in [7, 11) is 2.15. The van der Waals surface area contributed by atoms with Gasteiger partial charge in [0.25, 0.3) is 0 Å². The van der Waals surface area contributed by atoms with Gasteiger partial charge in [0.15, 0.2) is 0 Å². The topological polar surface area (TPSA) is 163 Å². The minimum absolute atomic E-state index is 0. The molecule has 6 unspecified atom stereocenters. The molecule has 0 heterocycles. The van der Waals surface area contributed by atoms with Crippen molar-refractivity contribution in [2.75, 3.05) is 27.4 Å². The van der Waals surface area contributed by atoms with Crippen LogP contribution in [-0.2, 0) is 42.9 Å². The molecule has 2 N–H and O–H groups in total. The fourth-order valence-electron chi connectivity index (χ4n) is 4.22. The summed E-state index contributed by atoms with van der Waals surface area (Å²) in [4.78, 5) is 62.8. The zero-order chi connectivity index (χ0) is 29.0. The molecule has 0 aliphatic heterocycles. The second-order valence-electron chi connectivity index (χ2n) is 8.84. The van der Waals surface area contributed by atoms with Gasteiger partial charge in [-0.2, -0.15) is 0 Å². The maximum atomic E-state index is 13.0. The third-order valence-corrected chi connectivity index (χ3v) is 6.19. The van der Waals surface area contributed by atoms with Crippen molar-refractivity contribution in [1.29, 1.82) is 0 Å². The minimum atomic E-state index is -1.72. The lowest BCUT2D eigenvalue weighted by Gasteiger charge is -2.34. The summed E-state index contributed by atoms with van der Waals surface area (Å²) in [5, 5.41) is 20.2. The molecule has 0 bridgehead atoms. The van der Waals surface area contributed by atoms with E-state index in [9.17, 15) is 34.2 Å². The van der Waals surface area contributed by atoms with Crippen LogP contribution < -0.4 is 0 Å². The van der Waals surface area contributed by atoms with Crippen LogP contribution in [0.3, 0.4) is 0 Å². The second-order valence-corrected chi connectivity index (χ2v) is 8.84. The Bertz CT molecular complexity index is 991. The number of rotatable bonds is 15. The van der Waals surface area contributed by atoms with Crippen molar-refractivity contribution < 1.29 is 53.1 Å². The van der Waals surface area contributed by atoms with Gasteiger partial charge in [-0.25, -0.2) is 4.79 Å². The average Bonchev–Trinajstić information content (AvgIpc) is 2.91. The zero-order valence-corrected chi connectivity index (χ0v) is 22.2. The Kier molecular flexibility index (Phi) is 30.9. The maximum absolute atomic E-state index is 13.0. The Hall–Kier alpha value is -3.73. The Balaban J connectivity index is -0.000000602. The van der Waals surface area contributed by atoms with E-state index in [4.69, 9.17) is 18.9 Å². The average molecular weight is 633 g/mol. The van der Waals surface area contributed by atoms with Gasteiger partial charge in [-0.05, 0) is 24.8 Å². The van der Waals surface area contributed by atoms with Crippen molar-refractivity contribution >= 4 is 29.8 Å². The fraction of sp³-hybridized carbons (Fsp3) is 0.606. The Labute approximate surface area is 265 Å². The highest BCUT2D eigenvalue weighted by atomic mass is 16.6. The molecule has 0 aliphatic carbocycles. The number of methoxy groups -OCH3 is 2. The molecular formula is C33H60O11. The van der Waals surface area contributed by atoms with E-state index in [1.807, 2.05) is 0 Å². The van der Waals surface area contributed by atoms with Gasteiger partial charge in [-0.1, -0.05) is 95.3 Å². The second kappa shape index (κ2) is 25.7. The first kappa shape index (κ1) is 52.9. The SMILES string of the molecule is C.C.C.C.C.C.C=C(C)C(=O)OCC(O)COC(=O)C(C)C(C(=O)OC)C(C(=O)O)C(C(=O)OC)C(CC)c1ccccc1. The molecule has 44 heavy (non-hydrogen) atoms. The van der Waals surface area contributed by atoms with Crippen molar-refractivity contribution in [3.8, 4) is 0 Å². The van der Waals surface area contributed by atoms with Crippen LogP contribution in [0.4, 0.5) is 0 Å². The summed E-state index contributed by atoms with van der Waals surface area (Å²) < 4.78 is 19.7. The number of aliphatic hydroxyl groups is 1. The molecule has 0 amide bonds. The van der Waals surface area contributed by atoms with Gasteiger partial charge in [0.2, 0.25) is 0 Å². The number of carboxylic acid groups (broad SMARTS) is 1. The predicted molar refractivity (Wildman–Crippen MR) is 174 cm³/mol. The van der Waals surface area contributed by atoms with E-state index in [0.29, 0.717) is 12.0 Å². The molecule has 11 heteroatoms. The van der Waals surface area contributed by atoms with Gasteiger partial charge in [0.05, 0.1) is 37.9 Å². The number of carbonyl (C=O) groups excluding carboxylic acids is 4. The van der Waals surface area contributed by atoms with Gasteiger partial charge < -0.3 is 29.2 Å². The fourth-order valence-corrected chi connectivity index (χ4v) is 4.22. The Morgan fingerprint density at radius 2 is 1.23 bits per heavy atom. The highest BCUT2D eigenvalue weighted by molar-refractivity contribution is 5.90. The van der Waals surface area contributed by atoms with Gasteiger partial charge in [-0.15, -0.1) is 0 Å². The van der Waals surface area contributed by atoms with E-state index >= 15 is 0 Å². The lowest BCUT2D eigenvalue weighted by molar-refractivity contribution is -0.173. The third-order valence-electron chi connectivity index (χ3n) is 6.19. The number of benzene rings is 1. The van der Waals surface area contributed by atoms with Gasteiger partial charge in [-0.3, -0.25) is 19.2 Å². The standard InChI is InChI=1S/C27H36O11.6CH4/c1-7-19(17-11-9-8-10-12-17)21(27(34)36-6)22(23(29)30)20(26(33)35-5)16(4)25(32)38-14-18(28)13-37-24(31)15(2)3;;;;;;/h8-12,16,18-22,28H,2,7,13-14H2,1,3-6H3,(H,29,30);6*1H4. The van der Waals surface area contributed by atoms with Crippen LogP contribution in [0, 0.1) is 23.7 Å². The third kappa shape index (κ3) is 14.6. The molecule has 0 spiro atoms. The van der Waals surface area contributed by atoms with E-state index in [-0.39, 0.29) is 50.1 Å². The summed E-state index contributed by atoms with van der Waals surface area (Å²) in [6.45, 7) is 6.79. The first-order valence-electron chi connectivity index (χ1n) is 12.0. The summed E-state index contributed by atoms with van der Waals surface area (Å²) in [6.07, 6.45) is -1.05. The number of esters is 4. The minimum Gasteiger partial charge on any atom is -0.481 e. The largest absolute Gasteiger partial charge is 0.481 e. The van der Waals surface area contributed by atoms with E-state index in [1.54, 1.807) is 37.3 Å². The number of carboxylic acids is 1. The monoisotopic (exact) mass is 632 g/mol. The normalized spacial score (nSPS) is 13.4. The van der Waals surface area contributed by atoms with Gasteiger partial charge in [0.1, 0.15) is 19.3 Å². The van der Waals surface area contributed by atoms with Crippen LogP contribution in [-0.4, -0.2) is 73.6 Å². The van der Waals surface area contributed by atoms with E-state index in [1.165, 1.54) is 13.8 Å². The molecule has 0 radical (unpaired) electrons. The number of aliphatic carboxylic acids is 1. The van der Waals surface area contributed by atoms with Gasteiger partial charge in [0, 0.05) is 5.57 Å². The number of aliphatic hydroxyl groups excluding tert-OH is 1. The molecule has 0 saturated heterocycles. The molecule has 1 rings (SSSR count). The summed E-state index contributed by atoms with van der Waals surface area (Å²) in [6, 6.07) is 8.70. The highest BCUT2D eigenvalue weighted by Gasteiger charge is 2.51. The smallest absolute Gasteiger partial charge is 0.333 e. The van der Waals surface area contributed by atoms with Crippen molar-refractivity contribution in [3.05, 3.63) is 48.0 Å². The van der Waals surface area contributed by atoms with Crippen molar-refractivity contribution in [3.63, 3.8) is 0 Å². The number of ether oxygens (including phenoxy) is 4. The lowest BCUT2D eigenvalue weighted by atomic mass is 9.68. The molecule has 0 fully saturated rings. The van der Waals surface area contributed by atoms with E-state index in [2.05, 4.69) is 6.58 Å². The maximum Gasteiger partial charge on any atom is 0.333 e. The number of carbonyl (C=O) groups is 5. The van der Waals surface area contributed by atoms with Crippen LogP contribution in [0.1, 0.15) is 83.2 Å². The molecule has 1 aromatic carbocycles. The molecule has 11 nitrogen and oxygen atoms in total. The molecular weight excluding hydrogens is 572 g/mol. The zero-order valence-electron chi connectivity index (χ0n) is 22.2. The molecule has 0 aromatic heterocycles. The first-order chi connectivity index (χ1) is 17.9. The van der Waals surface area contributed by atoms with Crippen LogP contribution in [0.2, 0.25) is 0 Å². The summed E-state index contributed by atoms with van der Waals surface area (Å²) >= 11 is 0. The molecule has 258 valence electrons. The van der Waals surface area contributed by atoms with Crippen LogP contribution in [0.25, 0.3) is 0 Å². The quantitative estimate of drug-likeness (QED) is 0.134. The molecule has 6 atom stereocenters. The van der Waals surface area contributed by atoms with Crippen molar-refractivity contribution in [1.82, 2.24) is 0 Å². The van der Waals surface area contributed by atoms with Crippen LogP contribution in [0.15, 0.2) is 42.5 Å². The summed E-state index contributed by atoms with van der Waals surface area (Å²) in [5.74, 6) is -11.9. The van der Waals surface area contributed by atoms with Gasteiger partial charge >= 0.3 is 29.8 Å². The van der Waals surface area contributed by atoms with Crippen LogP contribution >= 0.6 is 0 Å². The van der Waals surface area contributed by atoms with E-state index < -0.39 is 78.8 Å². The Morgan fingerprint density at radius 1 is 0.773 bits per heavy atom. The van der Waals surface area contributed by atoms with Crippen LogP contribution in [0.5, 0.6) is 0 Å². The molecule has 1 aromatic rings. The lowest BCUT2D eigenvalue weighted by Crippen LogP contribution is -2.47. The van der Waals surface area contributed by atoms with Crippen molar-refractivity contribution in [2.45, 2.75) is 83.8 Å². The summed E-state index contributed by atoms with van der Waals surface area (Å²) in [5.41, 5.74) is 0.771. The molecule has 0 saturated carbocycles. The first-order valence-corrected chi connectivity index (χ1v) is 12.0. The van der Waals surface area contributed by atoms with E-state index in [0.717, 1.165) is 14.2 Å².